The van der Waals surface area contributed by atoms with Crippen LogP contribution in [0.5, 0.6) is 0 Å². The van der Waals surface area contributed by atoms with Gasteiger partial charge in [-0.2, -0.15) is 13.2 Å². The highest BCUT2D eigenvalue weighted by molar-refractivity contribution is 14.1. The number of carbonyl (C=O) groups excluding carboxylic acids is 1. The first kappa shape index (κ1) is 17.2. The molecule has 1 N–H and O–H groups in total. The van der Waals surface area contributed by atoms with Crippen LogP contribution in [0.1, 0.15) is 15.9 Å². The Morgan fingerprint density at radius 2 is 1.87 bits per heavy atom. The Balaban J connectivity index is 2.24. The van der Waals surface area contributed by atoms with Crippen LogP contribution in [0.4, 0.5) is 24.5 Å². The van der Waals surface area contributed by atoms with E-state index in [-0.39, 0.29) is 16.9 Å². The number of alkyl halides is 3. The molecule has 0 aliphatic heterocycles. The van der Waals surface area contributed by atoms with Gasteiger partial charge < -0.3 is 5.32 Å². The minimum Gasteiger partial charge on any atom is -0.322 e. The quantitative estimate of drug-likeness (QED) is 0.439. The third kappa shape index (κ3) is 4.18. The minimum absolute atomic E-state index is 0.0148. The van der Waals surface area contributed by atoms with E-state index in [0.717, 1.165) is 18.2 Å². The molecule has 0 atom stereocenters. The topological polar surface area (TPSA) is 72.2 Å². The van der Waals surface area contributed by atoms with E-state index in [2.05, 4.69) is 5.32 Å². The summed E-state index contributed by atoms with van der Waals surface area (Å²) < 4.78 is 38.2. The summed E-state index contributed by atoms with van der Waals surface area (Å²) in [4.78, 5) is 22.2. The maximum Gasteiger partial charge on any atom is 0.416 e. The molecule has 2 rings (SSSR count). The van der Waals surface area contributed by atoms with Gasteiger partial charge in [0, 0.05) is 21.4 Å². The lowest BCUT2D eigenvalue weighted by Crippen LogP contribution is -2.14. The molecule has 0 aliphatic carbocycles. The number of nitro benzene ring substituents is 1. The Morgan fingerprint density at radius 1 is 1.17 bits per heavy atom. The summed E-state index contributed by atoms with van der Waals surface area (Å²) in [6, 6.07) is 7.83. The summed E-state index contributed by atoms with van der Waals surface area (Å²) in [5.41, 5.74) is -0.939. The van der Waals surface area contributed by atoms with E-state index in [1.54, 1.807) is 22.6 Å². The van der Waals surface area contributed by atoms with Crippen LogP contribution in [-0.2, 0) is 6.18 Å². The highest BCUT2D eigenvalue weighted by atomic mass is 127. The highest BCUT2D eigenvalue weighted by Gasteiger charge is 2.30. The predicted molar refractivity (Wildman–Crippen MR) is 85.2 cm³/mol. The Labute approximate surface area is 141 Å². The number of nitrogens with one attached hydrogen (secondary N) is 1. The molecule has 5 nitrogen and oxygen atoms in total. The van der Waals surface area contributed by atoms with Crippen molar-refractivity contribution in [3.8, 4) is 0 Å². The van der Waals surface area contributed by atoms with E-state index in [4.69, 9.17) is 0 Å². The molecule has 0 heterocycles. The second-order valence-electron chi connectivity index (χ2n) is 4.45. The van der Waals surface area contributed by atoms with Crippen LogP contribution in [0.25, 0.3) is 0 Å². The van der Waals surface area contributed by atoms with Crippen molar-refractivity contribution in [2.45, 2.75) is 6.18 Å². The third-order valence-electron chi connectivity index (χ3n) is 2.86. The molecule has 0 spiro atoms. The van der Waals surface area contributed by atoms with Crippen LogP contribution < -0.4 is 5.32 Å². The first-order valence-electron chi connectivity index (χ1n) is 6.11. The number of non-ortho nitro benzene ring substituents is 1. The normalized spacial score (nSPS) is 11.1. The summed E-state index contributed by atoms with van der Waals surface area (Å²) >= 11 is 1.75. The summed E-state index contributed by atoms with van der Waals surface area (Å²) in [6.07, 6.45) is -4.51. The number of hydrogen-bond donors (Lipinski definition) is 1. The van der Waals surface area contributed by atoms with Crippen molar-refractivity contribution in [1.29, 1.82) is 0 Å². The molecule has 2 aromatic rings. The highest BCUT2D eigenvalue weighted by Crippen LogP contribution is 2.31. The average molecular weight is 436 g/mol. The molecule has 0 saturated carbocycles. The Morgan fingerprint density at radius 3 is 2.43 bits per heavy atom. The van der Waals surface area contributed by atoms with Crippen LogP contribution in [0.2, 0.25) is 0 Å². The molecule has 0 aromatic heterocycles. The third-order valence-corrected chi connectivity index (χ3v) is 3.75. The molecule has 0 fully saturated rings. The molecule has 0 radical (unpaired) electrons. The van der Waals surface area contributed by atoms with Gasteiger partial charge in [0.15, 0.2) is 0 Å². The van der Waals surface area contributed by atoms with E-state index >= 15 is 0 Å². The molecule has 23 heavy (non-hydrogen) atoms. The second-order valence-corrected chi connectivity index (χ2v) is 5.62. The van der Waals surface area contributed by atoms with E-state index < -0.39 is 22.6 Å². The molecule has 0 saturated heterocycles. The largest absolute Gasteiger partial charge is 0.416 e. The Bertz CT molecular complexity index is 778. The monoisotopic (exact) mass is 436 g/mol. The van der Waals surface area contributed by atoms with Crippen molar-refractivity contribution in [1.82, 2.24) is 0 Å². The standard InChI is InChI=1S/C14H8F3IN2O3/c15-14(16,17)8-2-1-3-9(6-8)19-13(21)11-5-4-10(20(22)23)7-12(11)18/h1-7H,(H,19,21). The molecule has 0 bridgehead atoms. The van der Waals surface area contributed by atoms with Crippen molar-refractivity contribution in [3.05, 3.63) is 67.3 Å². The number of nitro groups is 1. The fraction of sp³-hybridized carbons (Fsp3) is 0.0714. The van der Waals surface area contributed by atoms with Gasteiger partial charge in [-0.05, 0) is 46.9 Å². The summed E-state index contributed by atoms with van der Waals surface area (Å²) in [5.74, 6) is -0.649. The zero-order chi connectivity index (χ0) is 17.2. The smallest absolute Gasteiger partial charge is 0.322 e. The lowest BCUT2D eigenvalue weighted by molar-refractivity contribution is -0.384. The van der Waals surface area contributed by atoms with Crippen LogP contribution in [-0.4, -0.2) is 10.8 Å². The lowest BCUT2D eigenvalue weighted by atomic mass is 10.1. The molecule has 0 aliphatic rings. The van der Waals surface area contributed by atoms with Crippen LogP contribution in [0.15, 0.2) is 42.5 Å². The molecule has 2 aromatic carbocycles. The molecule has 120 valence electrons. The van der Waals surface area contributed by atoms with Crippen molar-refractivity contribution >= 4 is 39.9 Å². The first-order chi connectivity index (χ1) is 10.7. The van der Waals surface area contributed by atoms with Gasteiger partial charge in [-0.3, -0.25) is 14.9 Å². The molecular weight excluding hydrogens is 428 g/mol. The molecule has 0 unspecified atom stereocenters. The van der Waals surface area contributed by atoms with Gasteiger partial charge in [-0.25, -0.2) is 0 Å². The van der Waals surface area contributed by atoms with E-state index in [1.165, 1.54) is 24.3 Å². The number of amides is 1. The number of rotatable bonds is 3. The predicted octanol–water partition coefficient (Wildman–Crippen LogP) is 4.47. The lowest BCUT2D eigenvalue weighted by Gasteiger charge is -2.10. The van der Waals surface area contributed by atoms with Gasteiger partial charge in [0.05, 0.1) is 16.1 Å². The zero-order valence-electron chi connectivity index (χ0n) is 11.2. The van der Waals surface area contributed by atoms with Gasteiger partial charge in [-0.15, -0.1) is 0 Å². The molecule has 9 heteroatoms. The van der Waals surface area contributed by atoms with Crippen LogP contribution in [0, 0.1) is 13.7 Å². The van der Waals surface area contributed by atoms with E-state index in [9.17, 15) is 28.1 Å². The van der Waals surface area contributed by atoms with Crippen molar-refractivity contribution in [3.63, 3.8) is 0 Å². The second kappa shape index (κ2) is 6.52. The van der Waals surface area contributed by atoms with Crippen LogP contribution in [0.3, 0.4) is 0 Å². The minimum atomic E-state index is -4.51. The average Bonchev–Trinajstić information content (AvgIpc) is 2.46. The van der Waals surface area contributed by atoms with Gasteiger partial charge in [0.25, 0.3) is 11.6 Å². The maximum atomic E-state index is 12.6. The number of carbonyl (C=O) groups is 1. The van der Waals surface area contributed by atoms with Gasteiger partial charge in [-0.1, -0.05) is 6.07 Å². The summed E-state index contributed by atoms with van der Waals surface area (Å²) in [6.45, 7) is 0. The zero-order valence-corrected chi connectivity index (χ0v) is 13.4. The van der Waals surface area contributed by atoms with E-state index in [0.29, 0.717) is 3.57 Å². The number of benzene rings is 2. The van der Waals surface area contributed by atoms with Crippen molar-refractivity contribution in [2.75, 3.05) is 5.32 Å². The van der Waals surface area contributed by atoms with E-state index in [1.807, 2.05) is 0 Å². The Kier molecular flexibility index (Phi) is 4.88. The fourth-order valence-electron chi connectivity index (χ4n) is 1.77. The van der Waals surface area contributed by atoms with Gasteiger partial charge >= 0.3 is 6.18 Å². The van der Waals surface area contributed by atoms with Gasteiger partial charge in [0.1, 0.15) is 0 Å². The van der Waals surface area contributed by atoms with Crippen molar-refractivity contribution in [2.24, 2.45) is 0 Å². The number of anilines is 1. The number of halogens is 4. The fourth-order valence-corrected chi connectivity index (χ4v) is 2.52. The first-order valence-corrected chi connectivity index (χ1v) is 7.19. The molecule has 1 amide bonds. The van der Waals surface area contributed by atoms with Crippen LogP contribution >= 0.6 is 22.6 Å². The molecular formula is C14H8F3IN2O3. The summed E-state index contributed by atoms with van der Waals surface area (Å²) in [7, 11) is 0. The van der Waals surface area contributed by atoms with Crippen molar-refractivity contribution < 1.29 is 22.9 Å². The SMILES string of the molecule is O=C(Nc1cccc(C(F)(F)F)c1)c1ccc([N+](=O)[O-])cc1I. The number of hydrogen-bond acceptors (Lipinski definition) is 3. The maximum absolute atomic E-state index is 12.6. The van der Waals surface area contributed by atoms with Gasteiger partial charge in [0.2, 0.25) is 0 Å². The summed E-state index contributed by atoms with van der Waals surface area (Å²) in [5, 5.41) is 13.0. The number of nitrogens with zero attached hydrogens (tertiary/aromatic N) is 1. The Hall–Kier alpha value is -2.17.